The van der Waals surface area contributed by atoms with Crippen LogP contribution < -0.4 is 4.74 Å². The topological polar surface area (TPSA) is 69.1 Å². The van der Waals surface area contributed by atoms with Crippen LogP contribution in [0.3, 0.4) is 0 Å². The molecule has 130 valence electrons. The number of aromatic nitrogens is 1. The summed E-state index contributed by atoms with van der Waals surface area (Å²) in [5.74, 6) is 1.10. The number of nitrogens with one attached hydrogen (secondary N) is 1. The third-order valence-electron chi connectivity index (χ3n) is 5.69. The molecule has 2 atom stereocenters. The number of para-hydroxylation sites is 1. The summed E-state index contributed by atoms with van der Waals surface area (Å²) < 4.78 is 5.74. The van der Waals surface area contributed by atoms with E-state index < -0.39 is 0 Å². The first kappa shape index (κ1) is 16.0. The molecule has 1 amide bonds. The highest BCUT2D eigenvalue weighted by Gasteiger charge is 2.35. The van der Waals surface area contributed by atoms with E-state index in [4.69, 9.17) is 4.74 Å². The fourth-order valence-corrected chi connectivity index (χ4v) is 4.49. The molecule has 0 spiro atoms. The van der Waals surface area contributed by atoms with Crippen LogP contribution >= 0.6 is 0 Å². The number of rotatable bonds is 3. The number of H-pyrrole nitrogens is 1. The van der Waals surface area contributed by atoms with Gasteiger partial charge in [-0.05, 0) is 37.7 Å². The zero-order chi connectivity index (χ0) is 17.2. The van der Waals surface area contributed by atoms with E-state index in [0.29, 0.717) is 23.4 Å². The zero-order valence-corrected chi connectivity index (χ0v) is 14.3. The highest BCUT2D eigenvalue weighted by Crippen LogP contribution is 2.35. The predicted octanol–water partition coefficient (Wildman–Crippen LogP) is 3.60. The molecule has 1 aliphatic carbocycles. The second kappa shape index (κ2) is 6.79. The highest BCUT2D eigenvalue weighted by atomic mass is 16.5. The molecule has 2 aliphatic rings. The van der Waals surface area contributed by atoms with Crippen LogP contribution in [0, 0.1) is 17.2 Å². The molecule has 1 N–H and O–H groups in total. The lowest BCUT2D eigenvalue weighted by Crippen LogP contribution is -2.51. The van der Waals surface area contributed by atoms with Gasteiger partial charge < -0.3 is 14.6 Å². The molecule has 1 aromatic carbocycles. The highest BCUT2D eigenvalue weighted by molar-refractivity contribution is 5.88. The van der Waals surface area contributed by atoms with Crippen LogP contribution in [0.4, 0.5) is 0 Å². The number of fused-ring (bicyclic) bond motifs is 2. The largest absolute Gasteiger partial charge is 0.468 e. The molecule has 2 fully saturated rings. The SMILES string of the molecule is N#Cc1c(OCC(=O)N2CCC[C@@H]3CCCC[C@H]32)[nH]c2ccccc12. The lowest BCUT2D eigenvalue weighted by Gasteiger charge is -2.44. The minimum Gasteiger partial charge on any atom is -0.468 e. The van der Waals surface area contributed by atoms with E-state index in [1.54, 1.807) is 0 Å². The standard InChI is InChI=1S/C20H23N3O2/c21-12-16-15-8-2-3-9-17(15)22-20(16)25-13-19(24)23-11-5-7-14-6-1-4-10-18(14)23/h2-3,8-9,14,18,22H,1,4-7,10-11,13H2/t14-,18+/m0/s1. The van der Waals surface area contributed by atoms with Crippen LogP contribution in [0.5, 0.6) is 5.88 Å². The average Bonchev–Trinajstić information content (AvgIpc) is 3.03. The molecule has 5 nitrogen and oxygen atoms in total. The third kappa shape index (κ3) is 2.97. The van der Waals surface area contributed by atoms with Gasteiger partial charge >= 0.3 is 0 Å². The first-order valence-electron chi connectivity index (χ1n) is 9.21. The van der Waals surface area contributed by atoms with Crippen molar-refractivity contribution in [2.75, 3.05) is 13.2 Å². The van der Waals surface area contributed by atoms with Gasteiger partial charge in [0.1, 0.15) is 11.6 Å². The monoisotopic (exact) mass is 337 g/mol. The number of ether oxygens (including phenoxy) is 1. The molecule has 5 heteroatoms. The molecule has 0 bridgehead atoms. The second-order valence-corrected chi connectivity index (χ2v) is 7.12. The van der Waals surface area contributed by atoms with Gasteiger partial charge in [0.2, 0.25) is 5.88 Å². The Hall–Kier alpha value is -2.48. The maximum Gasteiger partial charge on any atom is 0.260 e. The molecule has 0 unspecified atom stereocenters. The molecule has 4 rings (SSSR count). The molecular weight excluding hydrogens is 314 g/mol. The molecule has 1 aliphatic heterocycles. The van der Waals surface area contributed by atoms with Gasteiger partial charge in [-0.1, -0.05) is 31.0 Å². The smallest absolute Gasteiger partial charge is 0.260 e. The number of piperidine rings is 1. The quantitative estimate of drug-likeness (QED) is 0.930. The van der Waals surface area contributed by atoms with Crippen LogP contribution in [0.1, 0.15) is 44.1 Å². The van der Waals surface area contributed by atoms with E-state index in [1.165, 1.54) is 25.7 Å². The average molecular weight is 337 g/mol. The number of likely N-dealkylation sites (tertiary alicyclic amines) is 1. The van der Waals surface area contributed by atoms with Crippen molar-refractivity contribution in [1.29, 1.82) is 5.26 Å². The van der Waals surface area contributed by atoms with Gasteiger partial charge in [0.15, 0.2) is 6.61 Å². The number of carbonyl (C=O) groups is 1. The number of hydrogen-bond donors (Lipinski definition) is 1. The van der Waals surface area contributed by atoms with Crippen molar-refractivity contribution in [3.05, 3.63) is 29.8 Å². The van der Waals surface area contributed by atoms with Crippen LogP contribution in [0.15, 0.2) is 24.3 Å². The maximum atomic E-state index is 12.7. The summed E-state index contributed by atoms with van der Waals surface area (Å²) in [5.41, 5.74) is 1.32. The summed E-state index contributed by atoms with van der Waals surface area (Å²) in [5, 5.41) is 10.3. The van der Waals surface area contributed by atoms with Crippen molar-refractivity contribution in [3.63, 3.8) is 0 Å². The van der Waals surface area contributed by atoms with Gasteiger partial charge in [0.25, 0.3) is 5.91 Å². The molecule has 1 aromatic heterocycles. The van der Waals surface area contributed by atoms with E-state index in [9.17, 15) is 10.1 Å². The fourth-order valence-electron chi connectivity index (χ4n) is 4.49. The van der Waals surface area contributed by atoms with E-state index in [0.717, 1.165) is 30.3 Å². The summed E-state index contributed by atoms with van der Waals surface area (Å²) in [6.07, 6.45) is 7.20. The predicted molar refractivity (Wildman–Crippen MR) is 95.2 cm³/mol. The first-order chi connectivity index (χ1) is 12.3. The molecule has 25 heavy (non-hydrogen) atoms. The number of benzene rings is 1. The number of amides is 1. The molecule has 2 heterocycles. The van der Waals surface area contributed by atoms with Gasteiger partial charge in [0, 0.05) is 23.5 Å². The maximum absolute atomic E-state index is 12.7. The van der Waals surface area contributed by atoms with E-state index >= 15 is 0 Å². The van der Waals surface area contributed by atoms with Gasteiger partial charge in [-0.3, -0.25) is 4.79 Å². The Morgan fingerprint density at radius 2 is 2.04 bits per heavy atom. The Kier molecular flexibility index (Phi) is 4.35. The first-order valence-corrected chi connectivity index (χ1v) is 9.21. The third-order valence-corrected chi connectivity index (χ3v) is 5.69. The Morgan fingerprint density at radius 3 is 2.92 bits per heavy atom. The van der Waals surface area contributed by atoms with Gasteiger partial charge in [-0.15, -0.1) is 0 Å². The number of nitrogens with zero attached hydrogens (tertiary/aromatic N) is 2. The van der Waals surface area contributed by atoms with Gasteiger partial charge in [-0.25, -0.2) is 0 Å². The molecule has 1 saturated heterocycles. The summed E-state index contributed by atoms with van der Waals surface area (Å²) in [6, 6.07) is 10.2. The van der Waals surface area contributed by atoms with Crippen molar-refractivity contribution in [2.24, 2.45) is 5.92 Å². The van der Waals surface area contributed by atoms with Crippen molar-refractivity contribution in [3.8, 4) is 11.9 Å². The van der Waals surface area contributed by atoms with E-state index in [2.05, 4.69) is 11.1 Å². The fraction of sp³-hybridized carbons (Fsp3) is 0.500. The summed E-state index contributed by atoms with van der Waals surface area (Å²) in [4.78, 5) is 17.9. The molecular formula is C20H23N3O2. The molecule has 2 aromatic rings. The Morgan fingerprint density at radius 1 is 1.24 bits per heavy atom. The second-order valence-electron chi connectivity index (χ2n) is 7.12. The number of hydrogen-bond acceptors (Lipinski definition) is 3. The minimum absolute atomic E-state index is 0.00920. The normalized spacial score (nSPS) is 23.1. The van der Waals surface area contributed by atoms with Gasteiger partial charge in [0.05, 0.1) is 0 Å². The summed E-state index contributed by atoms with van der Waals surface area (Å²) in [6.45, 7) is 0.825. The van der Waals surface area contributed by atoms with Crippen LogP contribution in [0.25, 0.3) is 10.9 Å². The van der Waals surface area contributed by atoms with Crippen LogP contribution in [-0.4, -0.2) is 35.0 Å². The van der Waals surface area contributed by atoms with Crippen molar-refractivity contribution in [2.45, 2.75) is 44.6 Å². The van der Waals surface area contributed by atoms with Crippen LogP contribution in [0.2, 0.25) is 0 Å². The van der Waals surface area contributed by atoms with Gasteiger partial charge in [-0.2, -0.15) is 5.26 Å². The lowest BCUT2D eigenvalue weighted by atomic mass is 9.78. The van der Waals surface area contributed by atoms with Crippen molar-refractivity contribution in [1.82, 2.24) is 9.88 Å². The zero-order valence-electron chi connectivity index (χ0n) is 14.3. The van der Waals surface area contributed by atoms with Crippen molar-refractivity contribution < 1.29 is 9.53 Å². The molecule has 1 saturated carbocycles. The summed E-state index contributed by atoms with van der Waals surface area (Å²) in [7, 11) is 0. The number of carbonyl (C=O) groups excluding carboxylic acids is 1. The Balaban J connectivity index is 1.48. The number of aromatic amines is 1. The van der Waals surface area contributed by atoms with Crippen LogP contribution in [-0.2, 0) is 4.79 Å². The minimum atomic E-state index is -0.00920. The van der Waals surface area contributed by atoms with E-state index in [-0.39, 0.29) is 12.5 Å². The van der Waals surface area contributed by atoms with Crippen molar-refractivity contribution >= 4 is 16.8 Å². The summed E-state index contributed by atoms with van der Waals surface area (Å²) >= 11 is 0. The Labute approximate surface area is 147 Å². The lowest BCUT2D eigenvalue weighted by molar-refractivity contribution is -0.139. The van der Waals surface area contributed by atoms with E-state index in [1.807, 2.05) is 29.2 Å². The number of nitriles is 1. The Bertz CT molecular complexity index is 818. The molecule has 0 radical (unpaired) electrons.